The number of carbonyl (C=O) groups is 1. The predicted molar refractivity (Wildman–Crippen MR) is 50.2 cm³/mol. The predicted octanol–water partition coefficient (Wildman–Crippen LogP) is 2.11. The molecule has 0 amide bonds. The average molecular weight is 192 g/mol. The van der Waals surface area contributed by atoms with Crippen LogP contribution in [0.3, 0.4) is 0 Å². The molecule has 0 saturated carbocycles. The zero-order valence-electron chi connectivity index (χ0n) is 7.66. The van der Waals surface area contributed by atoms with Crippen molar-refractivity contribution in [1.29, 1.82) is 0 Å². The lowest BCUT2D eigenvalue weighted by molar-refractivity contribution is -0.141. The Kier molecular flexibility index (Phi) is 2.08. The Bertz CT molecular complexity index is 410. The summed E-state index contributed by atoms with van der Waals surface area (Å²) in [4.78, 5) is 11.3. The fraction of sp³-hybridized carbons (Fsp3) is 0.182. The maximum Gasteiger partial charge on any atom is 0.317 e. The molecule has 1 atom stereocenters. The third kappa shape index (κ3) is 1.21. The van der Waals surface area contributed by atoms with Crippen molar-refractivity contribution in [2.75, 3.05) is 7.11 Å². The molecule has 72 valence electrons. The Balaban J connectivity index is 2.45. The molecule has 1 unspecified atom stereocenters. The summed E-state index contributed by atoms with van der Waals surface area (Å²) in [7, 11) is 1.33. The summed E-state index contributed by atoms with van der Waals surface area (Å²) >= 11 is 0. The van der Waals surface area contributed by atoms with Gasteiger partial charge < -0.3 is 4.74 Å². The second-order valence-electron chi connectivity index (χ2n) is 3.10. The van der Waals surface area contributed by atoms with Crippen LogP contribution in [0.4, 0.5) is 4.39 Å². The Hall–Kier alpha value is -1.64. The van der Waals surface area contributed by atoms with Gasteiger partial charge in [0.25, 0.3) is 0 Å². The van der Waals surface area contributed by atoms with Gasteiger partial charge in [-0.3, -0.25) is 4.79 Å². The Morgan fingerprint density at radius 2 is 2.29 bits per heavy atom. The second kappa shape index (κ2) is 3.25. The van der Waals surface area contributed by atoms with Crippen molar-refractivity contribution in [1.82, 2.24) is 0 Å². The van der Waals surface area contributed by atoms with Gasteiger partial charge in [0.2, 0.25) is 0 Å². The zero-order chi connectivity index (χ0) is 10.1. The fourth-order valence-electron chi connectivity index (χ4n) is 1.63. The van der Waals surface area contributed by atoms with Crippen molar-refractivity contribution in [2.45, 2.75) is 5.92 Å². The molecule has 0 radical (unpaired) electrons. The van der Waals surface area contributed by atoms with Crippen LogP contribution in [-0.4, -0.2) is 13.1 Å². The molecule has 0 heterocycles. The van der Waals surface area contributed by atoms with Crippen molar-refractivity contribution >= 4 is 12.0 Å². The maximum absolute atomic E-state index is 13.2. The SMILES string of the molecule is COC(=O)C1C=Cc2c(F)cccc21. The van der Waals surface area contributed by atoms with E-state index in [1.165, 1.54) is 13.2 Å². The van der Waals surface area contributed by atoms with Gasteiger partial charge in [0.1, 0.15) is 11.7 Å². The highest BCUT2D eigenvalue weighted by Crippen LogP contribution is 2.32. The number of ether oxygens (including phenoxy) is 1. The minimum atomic E-state index is -0.453. The quantitative estimate of drug-likeness (QED) is 0.637. The van der Waals surface area contributed by atoms with Gasteiger partial charge in [-0.2, -0.15) is 0 Å². The zero-order valence-corrected chi connectivity index (χ0v) is 7.66. The standard InChI is InChI=1S/C11H9FO2/c1-14-11(13)9-6-5-8-7(9)3-2-4-10(8)12/h2-6,9H,1H3. The lowest BCUT2D eigenvalue weighted by Gasteiger charge is -2.08. The molecular weight excluding hydrogens is 183 g/mol. The monoisotopic (exact) mass is 192 g/mol. The largest absolute Gasteiger partial charge is 0.468 e. The molecule has 0 N–H and O–H groups in total. The van der Waals surface area contributed by atoms with E-state index in [2.05, 4.69) is 4.74 Å². The summed E-state index contributed by atoms with van der Waals surface area (Å²) < 4.78 is 17.8. The Labute approximate surface area is 81.0 Å². The molecule has 1 aliphatic carbocycles. The Morgan fingerprint density at radius 1 is 1.50 bits per heavy atom. The maximum atomic E-state index is 13.2. The number of esters is 1. The number of hydrogen-bond acceptors (Lipinski definition) is 2. The highest BCUT2D eigenvalue weighted by atomic mass is 19.1. The van der Waals surface area contributed by atoms with Crippen molar-refractivity contribution in [2.24, 2.45) is 0 Å². The van der Waals surface area contributed by atoms with Crippen LogP contribution >= 0.6 is 0 Å². The first-order valence-corrected chi connectivity index (χ1v) is 4.28. The van der Waals surface area contributed by atoms with E-state index >= 15 is 0 Å². The number of halogens is 1. The third-order valence-electron chi connectivity index (χ3n) is 2.33. The molecule has 2 rings (SSSR count). The molecule has 1 aromatic carbocycles. The lowest BCUT2D eigenvalue weighted by atomic mass is 10.0. The molecule has 0 aromatic heterocycles. The van der Waals surface area contributed by atoms with E-state index in [0.717, 1.165) is 0 Å². The van der Waals surface area contributed by atoms with Gasteiger partial charge in [-0.15, -0.1) is 0 Å². The highest BCUT2D eigenvalue weighted by molar-refractivity contribution is 5.86. The van der Waals surface area contributed by atoms with Crippen LogP contribution < -0.4 is 0 Å². The molecule has 2 nitrogen and oxygen atoms in total. The average Bonchev–Trinajstić information content (AvgIpc) is 2.62. The van der Waals surface area contributed by atoms with Crippen LogP contribution in [0.5, 0.6) is 0 Å². The summed E-state index contributed by atoms with van der Waals surface area (Å²) in [5.74, 6) is -1.11. The van der Waals surface area contributed by atoms with E-state index in [4.69, 9.17) is 0 Å². The van der Waals surface area contributed by atoms with Crippen molar-refractivity contribution < 1.29 is 13.9 Å². The van der Waals surface area contributed by atoms with Gasteiger partial charge in [-0.25, -0.2) is 4.39 Å². The van der Waals surface area contributed by atoms with Gasteiger partial charge in [0.05, 0.1) is 7.11 Å². The second-order valence-corrected chi connectivity index (χ2v) is 3.10. The minimum Gasteiger partial charge on any atom is -0.468 e. The Morgan fingerprint density at radius 3 is 3.00 bits per heavy atom. The van der Waals surface area contributed by atoms with Crippen LogP contribution in [0.1, 0.15) is 17.0 Å². The summed E-state index contributed by atoms with van der Waals surface area (Å²) in [5, 5.41) is 0. The molecule has 1 aromatic rings. The number of rotatable bonds is 1. The normalized spacial score (nSPS) is 18.0. The van der Waals surface area contributed by atoms with Gasteiger partial charge in [0.15, 0.2) is 0 Å². The topological polar surface area (TPSA) is 26.3 Å². The number of hydrogen-bond donors (Lipinski definition) is 0. The first kappa shape index (κ1) is 8.94. The molecular formula is C11H9FO2. The van der Waals surface area contributed by atoms with E-state index < -0.39 is 5.92 Å². The molecule has 14 heavy (non-hydrogen) atoms. The molecule has 0 saturated heterocycles. The molecule has 0 bridgehead atoms. The van der Waals surface area contributed by atoms with E-state index in [1.54, 1.807) is 24.3 Å². The number of carbonyl (C=O) groups excluding carboxylic acids is 1. The van der Waals surface area contributed by atoms with E-state index in [-0.39, 0.29) is 11.8 Å². The van der Waals surface area contributed by atoms with E-state index in [1.807, 2.05) is 0 Å². The van der Waals surface area contributed by atoms with Crippen LogP contribution in [0, 0.1) is 5.82 Å². The van der Waals surface area contributed by atoms with Gasteiger partial charge >= 0.3 is 5.97 Å². The highest BCUT2D eigenvalue weighted by Gasteiger charge is 2.26. The van der Waals surface area contributed by atoms with Crippen LogP contribution in [0.2, 0.25) is 0 Å². The van der Waals surface area contributed by atoms with Crippen LogP contribution in [0.25, 0.3) is 6.08 Å². The summed E-state index contributed by atoms with van der Waals surface area (Å²) in [5.41, 5.74) is 1.17. The fourth-order valence-corrected chi connectivity index (χ4v) is 1.63. The van der Waals surface area contributed by atoms with Gasteiger partial charge in [0, 0.05) is 5.56 Å². The molecule has 3 heteroatoms. The first-order valence-electron chi connectivity index (χ1n) is 4.28. The first-order chi connectivity index (χ1) is 6.74. The molecule has 1 aliphatic rings. The van der Waals surface area contributed by atoms with Crippen molar-refractivity contribution in [3.05, 3.63) is 41.2 Å². The third-order valence-corrected chi connectivity index (χ3v) is 2.33. The number of benzene rings is 1. The summed E-state index contributed by atoms with van der Waals surface area (Å²) in [6.45, 7) is 0. The van der Waals surface area contributed by atoms with Crippen molar-refractivity contribution in [3.63, 3.8) is 0 Å². The summed E-state index contributed by atoms with van der Waals surface area (Å²) in [6.07, 6.45) is 3.27. The van der Waals surface area contributed by atoms with Crippen molar-refractivity contribution in [3.8, 4) is 0 Å². The van der Waals surface area contributed by atoms with Gasteiger partial charge in [-0.1, -0.05) is 24.3 Å². The minimum absolute atomic E-state index is 0.301. The van der Waals surface area contributed by atoms with E-state index in [0.29, 0.717) is 11.1 Å². The van der Waals surface area contributed by atoms with Gasteiger partial charge in [-0.05, 0) is 11.6 Å². The molecule has 0 fully saturated rings. The number of fused-ring (bicyclic) bond motifs is 1. The van der Waals surface area contributed by atoms with Crippen LogP contribution in [-0.2, 0) is 9.53 Å². The number of methoxy groups -OCH3 is 1. The lowest BCUT2D eigenvalue weighted by Crippen LogP contribution is -2.10. The molecule has 0 aliphatic heterocycles. The summed E-state index contributed by atoms with van der Waals surface area (Å²) in [6, 6.07) is 4.71. The smallest absolute Gasteiger partial charge is 0.317 e. The van der Waals surface area contributed by atoms with E-state index in [9.17, 15) is 9.18 Å². The van der Waals surface area contributed by atoms with Crippen LogP contribution in [0.15, 0.2) is 24.3 Å². The molecule has 0 spiro atoms.